The minimum atomic E-state index is -0.874. The molecule has 0 saturated heterocycles. The van der Waals surface area contributed by atoms with Crippen molar-refractivity contribution >= 4 is 5.97 Å². The van der Waals surface area contributed by atoms with Crippen LogP contribution in [-0.4, -0.2) is 24.2 Å². The zero-order valence-corrected chi connectivity index (χ0v) is 11.2. The summed E-state index contributed by atoms with van der Waals surface area (Å²) in [5, 5.41) is 11.9. The van der Waals surface area contributed by atoms with Crippen molar-refractivity contribution in [3.63, 3.8) is 0 Å². The van der Waals surface area contributed by atoms with Gasteiger partial charge in [0.15, 0.2) is 0 Å². The maximum atomic E-state index is 10.7. The van der Waals surface area contributed by atoms with Gasteiger partial charge in [-0.1, -0.05) is 38.1 Å². The fourth-order valence-corrected chi connectivity index (χ4v) is 2.04. The second-order valence-electron chi connectivity index (χ2n) is 4.85. The molecular weight excluding hydrogens is 228 g/mol. The highest BCUT2D eigenvalue weighted by molar-refractivity contribution is 5.67. The molecular formula is C14H22N2O2. The highest BCUT2D eigenvalue weighted by atomic mass is 16.4. The topological polar surface area (TPSA) is 75.3 Å². The molecule has 0 aliphatic heterocycles. The van der Waals surface area contributed by atoms with Crippen LogP contribution in [0.15, 0.2) is 24.3 Å². The lowest BCUT2D eigenvalue weighted by Crippen LogP contribution is -2.37. The van der Waals surface area contributed by atoms with Crippen LogP contribution in [0.4, 0.5) is 0 Å². The molecule has 0 heterocycles. The van der Waals surface area contributed by atoms with Crippen LogP contribution < -0.4 is 11.1 Å². The molecule has 1 aromatic carbocycles. The SMILES string of the molecule is CNC(c1ccc(C(C)C)cc1)C(N)CC(=O)O. The van der Waals surface area contributed by atoms with Crippen LogP contribution in [0.1, 0.15) is 43.4 Å². The fraction of sp³-hybridized carbons (Fsp3) is 0.500. The lowest BCUT2D eigenvalue weighted by Gasteiger charge is -2.23. The van der Waals surface area contributed by atoms with Gasteiger partial charge >= 0.3 is 5.97 Å². The van der Waals surface area contributed by atoms with Crippen LogP contribution in [0.3, 0.4) is 0 Å². The number of rotatable bonds is 6. The summed E-state index contributed by atoms with van der Waals surface area (Å²) in [5.74, 6) is -0.388. The van der Waals surface area contributed by atoms with Gasteiger partial charge < -0.3 is 16.2 Å². The summed E-state index contributed by atoms with van der Waals surface area (Å²) in [7, 11) is 1.79. The van der Waals surface area contributed by atoms with Crippen LogP contribution in [0.2, 0.25) is 0 Å². The van der Waals surface area contributed by atoms with Gasteiger partial charge in [0.1, 0.15) is 0 Å². The molecule has 2 atom stereocenters. The van der Waals surface area contributed by atoms with Gasteiger partial charge in [0.25, 0.3) is 0 Å². The van der Waals surface area contributed by atoms with E-state index < -0.39 is 12.0 Å². The summed E-state index contributed by atoms with van der Waals surface area (Å²) in [6, 6.07) is 7.59. The Morgan fingerprint density at radius 1 is 1.28 bits per heavy atom. The molecule has 18 heavy (non-hydrogen) atoms. The third-order valence-electron chi connectivity index (χ3n) is 3.11. The zero-order valence-electron chi connectivity index (χ0n) is 11.2. The normalized spacial score (nSPS) is 14.5. The molecule has 0 aromatic heterocycles. The minimum absolute atomic E-state index is 0.0442. The van der Waals surface area contributed by atoms with Gasteiger partial charge in [0.2, 0.25) is 0 Å². The maximum absolute atomic E-state index is 10.7. The Bertz CT molecular complexity index is 387. The van der Waals surface area contributed by atoms with E-state index in [1.807, 2.05) is 12.1 Å². The standard InChI is InChI=1S/C14H22N2O2/c1-9(2)10-4-6-11(7-5-10)14(16-3)12(15)8-13(17)18/h4-7,9,12,14,16H,8,15H2,1-3H3,(H,17,18). The molecule has 4 nitrogen and oxygen atoms in total. The number of aliphatic carboxylic acids is 1. The predicted molar refractivity (Wildman–Crippen MR) is 72.6 cm³/mol. The monoisotopic (exact) mass is 250 g/mol. The van der Waals surface area contributed by atoms with Gasteiger partial charge in [0.05, 0.1) is 6.42 Å². The number of hydrogen-bond acceptors (Lipinski definition) is 3. The van der Waals surface area contributed by atoms with Crippen LogP contribution in [-0.2, 0) is 4.79 Å². The number of hydrogen-bond donors (Lipinski definition) is 3. The van der Waals surface area contributed by atoms with E-state index in [0.29, 0.717) is 5.92 Å². The highest BCUT2D eigenvalue weighted by Crippen LogP contribution is 2.21. The Balaban J connectivity index is 2.84. The number of carbonyl (C=O) groups is 1. The van der Waals surface area contributed by atoms with Crippen molar-refractivity contribution in [2.24, 2.45) is 5.73 Å². The largest absolute Gasteiger partial charge is 0.481 e. The first kappa shape index (κ1) is 14.7. The van der Waals surface area contributed by atoms with E-state index in [1.54, 1.807) is 7.05 Å². The number of nitrogens with two attached hydrogens (primary N) is 1. The molecule has 0 saturated carbocycles. The molecule has 2 unspecified atom stereocenters. The molecule has 100 valence electrons. The van der Waals surface area contributed by atoms with E-state index in [2.05, 4.69) is 31.3 Å². The van der Waals surface area contributed by atoms with Crippen LogP contribution in [0.5, 0.6) is 0 Å². The molecule has 0 aliphatic carbocycles. The molecule has 0 amide bonds. The highest BCUT2D eigenvalue weighted by Gasteiger charge is 2.20. The van der Waals surface area contributed by atoms with E-state index in [0.717, 1.165) is 5.56 Å². The van der Waals surface area contributed by atoms with Crippen molar-refractivity contribution in [3.05, 3.63) is 35.4 Å². The third-order valence-corrected chi connectivity index (χ3v) is 3.11. The van der Waals surface area contributed by atoms with Crippen LogP contribution >= 0.6 is 0 Å². The molecule has 1 aromatic rings. The van der Waals surface area contributed by atoms with Gasteiger partial charge in [-0.05, 0) is 24.1 Å². The second-order valence-corrected chi connectivity index (χ2v) is 4.85. The van der Waals surface area contributed by atoms with Crippen molar-refractivity contribution in [3.8, 4) is 0 Å². The van der Waals surface area contributed by atoms with E-state index in [4.69, 9.17) is 10.8 Å². The van der Waals surface area contributed by atoms with E-state index in [9.17, 15) is 4.79 Å². The van der Waals surface area contributed by atoms with Gasteiger partial charge in [-0.15, -0.1) is 0 Å². The van der Waals surface area contributed by atoms with Crippen molar-refractivity contribution in [1.82, 2.24) is 5.32 Å². The molecule has 0 aliphatic rings. The quantitative estimate of drug-likeness (QED) is 0.720. The molecule has 0 fully saturated rings. The third kappa shape index (κ3) is 3.82. The molecule has 0 spiro atoms. The summed E-state index contributed by atoms with van der Waals surface area (Å²) in [5.41, 5.74) is 8.20. The van der Waals surface area contributed by atoms with Crippen LogP contribution in [0.25, 0.3) is 0 Å². The number of carboxylic acid groups (broad SMARTS) is 1. The van der Waals surface area contributed by atoms with Gasteiger partial charge in [-0.3, -0.25) is 4.79 Å². The molecule has 4 heteroatoms. The Labute approximate surface area is 108 Å². The zero-order chi connectivity index (χ0) is 13.7. The lowest BCUT2D eigenvalue weighted by molar-refractivity contribution is -0.137. The first-order valence-corrected chi connectivity index (χ1v) is 6.20. The second kappa shape index (κ2) is 6.52. The van der Waals surface area contributed by atoms with Crippen LogP contribution in [0, 0.1) is 0 Å². The number of nitrogens with one attached hydrogen (secondary N) is 1. The molecule has 0 radical (unpaired) electrons. The Morgan fingerprint density at radius 3 is 2.17 bits per heavy atom. The number of carboxylic acids is 1. The Kier molecular flexibility index (Phi) is 5.31. The first-order chi connectivity index (χ1) is 8.45. The summed E-state index contributed by atoms with van der Waals surface area (Å²) >= 11 is 0. The Morgan fingerprint density at radius 2 is 1.78 bits per heavy atom. The smallest absolute Gasteiger partial charge is 0.304 e. The first-order valence-electron chi connectivity index (χ1n) is 6.20. The van der Waals surface area contributed by atoms with E-state index >= 15 is 0 Å². The minimum Gasteiger partial charge on any atom is -0.481 e. The van der Waals surface area contributed by atoms with Crippen molar-refractivity contribution in [2.75, 3.05) is 7.05 Å². The molecule has 4 N–H and O–H groups in total. The summed E-state index contributed by atoms with van der Waals surface area (Å²) in [4.78, 5) is 10.7. The van der Waals surface area contributed by atoms with E-state index in [1.165, 1.54) is 5.56 Å². The van der Waals surface area contributed by atoms with Crippen molar-refractivity contribution in [2.45, 2.75) is 38.3 Å². The number of likely N-dealkylation sites (N-methyl/N-ethyl adjacent to an activating group) is 1. The molecule has 1 rings (SSSR count). The van der Waals surface area contributed by atoms with Gasteiger partial charge in [-0.2, -0.15) is 0 Å². The summed E-state index contributed by atoms with van der Waals surface area (Å²) in [6.45, 7) is 4.28. The number of benzene rings is 1. The lowest BCUT2D eigenvalue weighted by atomic mass is 9.94. The van der Waals surface area contributed by atoms with Crippen molar-refractivity contribution in [1.29, 1.82) is 0 Å². The maximum Gasteiger partial charge on any atom is 0.304 e. The van der Waals surface area contributed by atoms with Crippen molar-refractivity contribution < 1.29 is 9.90 Å². The predicted octanol–water partition coefficient (Wildman–Crippen LogP) is 1.87. The average molecular weight is 250 g/mol. The van der Waals surface area contributed by atoms with Gasteiger partial charge in [0, 0.05) is 12.1 Å². The van der Waals surface area contributed by atoms with Gasteiger partial charge in [-0.25, -0.2) is 0 Å². The summed E-state index contributed by atoms with van der Waals surface area (Å²) in [6.07, 6.45) is -0.0442. The summed E-state index contributed by atoms with van der Waals surface area (Å²) < 4.78 is 0. The molecule has 0 bridgehead atoms. The fourth-order valence-electron chi connectivity index (χ4n) is 2.04. The van der Waals surface area contributed by atoms with E-state index in [-0.39, 0.29) is 12.5 Å². The average Bonchev–Trinajstić information content (AvgIpc) is 2.29. The Hall–Kier alpha value is -1.39.